The number of rotatable bonds is 4. The van der Waals surface area contributed by atoms with Crippen LogP contribution in [0.5, 0.6) is 5.75 Å². The Morgan fingerprint density at radius 3 is 2.71 bits per heavy atom. The van der Waals surface area contributed by atoms with E-state index in [9.17, 15) is 17.1 Å². The van der Waals surface area contributed by atoms with Gasteiger partial charge in [0.05, 0.1) is 0 Å². The number of nitrogens with one attached hydrogen (secondary N) is 1. The molecule has 1 saturated carbocycles. The molecule has 0 unspecified atom stereocenters. The molecule has 17 heavy (non-hydrogen) atoms. The summed E-state index contributed by atoms with van der Waals surface area (Å²) in [4.78, 5) is 11.6. The average Bonchev–Trinajstić information content (AvgIpc) is 2.99. The molecule has 1 aliphatic carbocycles. The van der Waals surface area contributed by atoms with Gasteiger partial charge in [0.25, 0.3) is 5.91 Å². The zero-order chi connectivity index (χ0) is 12.5. The molecule has 7 heteroatoms. The molecule has 0 heterocycles. The number of carbonyl (C=O) groups excluding carboxylic acids is 1. The van der Waals surface area contributed by atoms with Crippen LogP contribution in [-0.2, 0) is 10.5 Å². The van der Waals surface area contributed by atoms with Gasteiger partial charge in [-0.05, 0) is 31.0 Å². The summed E-state index contributed by atoms with van der Waals surface area (Å²) in [5, 5.41) is 2.72. The fourth-order valence-electron chi connectivity index (χ4n) is 1.30. The lowest BCUT2D eigenvalue weighted by atomic mass is 10.2. The minimum atomic E-state index is -5.06. The molecule has 2 rings (SSSR count). The van der Waals surface area contributed by atoms with Crippen LogP contribution in [-0.4, -0.2) is 20.4 Å². The maximum Gasteiger partial charge on any atom is 0.488 e. The summed E-state index contributed by atoms with van der Waals surface area (Å²) in [7, 11) is -5.06. The van der Waals surface area contributed by atoms with E-state index in [0.29, 0.717) is 0 Å². The molecule has 1 aromatic rings. The molecule has 0 aliphatic heterocycles. The van der Waals surface area contributed by atoms with E-state index in [4.69, 9.17) is 0 Å². The SMILES string of the molecule is O=C(NC1CC1)c1cccc(OS(=O)(=O)F)c1. The summed E-state index contributed by atoms with van der Waals surface area (Å²) in [5.41, 5.74) is 0.234. The molecule has 1 aliphatic rings. The van der Waals surface area contributed by atoms with Crippen molar-refractivity contribution in [2.45, 2.75) is 18.9 Å². The van der Waals surface area contributed by atoms with Gasteiger partial charge in [-0.15, -0.1) is 0 Å². The lowest BCUT2D eigenvalue weighted by Gasteiger charge is -2.05. The molecule has 92 valence electrons. The fourth-order valence-corrected chi connectivity index (χ4v) is 1.63. The topological polar surface area (TPSA) is 72.5 Å². The van der Waals surface area contributed by atoms with Gasteiger partial charge in [0.15, 0.2) is 0 Å². The average molecular weight is 259 g/mol. The lowest BCUT2D eigenvalue weighted by Crippen LogP contribution is -2.25. The van der Waals surface area contributed by atoms with Gasteiger partial charge in [0.1, 0.15) is 5.75 Å². The van der Waals surface area contributed by atoms with E-state index in [2.05, 4.69) is 9.50 Å². The van der Waals surface area contributed by atoms with Crippen molar-refractivity contribution in [2.24, 2.45) is 0 Å². The maximum atomic E-state index is 12.3. The van der Waals surface area contributed by atoms with Crippen molar-refractivity contribution < 1.29 is 21.3 Å². The highest BCUT2D eigenvalue weighted by Gasteiger charge is 2.24. The van der Waals surface area contributed by atoms with Gasteiger partial charge in [-0.25, -0.2) is 0 Å². The predicted molar refractivity (Wildman–Crippen MR) is 57.6 cm³/mol. The van der Waals surface area contributed by atoms with E-state index in [1.165, 1.54) is 24.3 Å². The molecular weight excluding hydrogens is 249 g/mol. The van der Waals surface area contributed by atoms with Gasteiger partial charge < -0.3 is 9.50 Å². The molecule has 1 amide bonds. The maximum absolute atomic E-state index is 12.3. The molecule has 1 fully saturated rings. The Labute approximate surface area is 98.0 Å². The van der Waals surface area contributed by atoms with Gasteiger partial charge in [0.2, 0.25) is 0 Å². The van der Waals surface area contributed by atoms with Crippen LogP contribution in [0.4, 0.5) is 3.89 Å². The van der Waals surface area contributed by atoms with E-state index in [0.717, 1.165) is 12.8 Å². The van der Waals surface area contributed by atoms with E-state index in [1.54, 1.807) is 0 Å². The number of carbonyl (C=O) groups is 1. The largest absolute Gasteiger partial charge is 0.488 e. The summed E-state index contributed by atoms with van der Waals surface area (Å²) < 4.78 is 36.9. The third-order valence-electron chi connectivity index (χ3n) is 2.20. The van der Waals surface area contributed by atoms with Gasteiger partial charge in [0, 0.05) is 11.6 Å². The van der Waals surface area contributed by atoms with Crippen LogP contribution in [0.1, 0.15) is 23.2 Å². The fraction of sp³-hybridized carbons (Fsp3) is 0.300. The normalized spacial score (nSPS) is 15.4. The van der Waals surface area contributed by atoms with Crippen LogP contribution in [0, 0.1) is 0 Å². The van der Waals surface area contributed by atoms with Crippen LogP contribution in [0.15, 0.2) is 24.3 Å². The van der Waals surface area contributed by atoms with E-state index in [1.807, 2.05) is 0 Å². The minimum absolute atomic E-state index is 0.192. The summed E-state index contributed by atoms with van der Waals surface area (Å²) >= 11 is 0. The molecule has 0 atom stereocenters. The summed E-state index contributed by atoms with van der Waals surface area (Å²) in [6, 6.07) is 5.54. The van der Waals surface area contributed by atoms with Crippen molar-refractivity contribution in [1.29, 1.82) is 0 Å². The third-order valence-corrected chi connectivity index (χ3v) is 2.60. The van der Waals surface area contributed by atoms with Crippen LogP contribution in [0.25, 0.3) is 0 Å². The summed E-state index contributed by atoms with van der Waals surface area (Å²) in [5.74, 6) is -0.551. The molecule has 5 nitrogen and oxygen atoms in total. The quantitative estimate of drug-likeness (QED) is 0.824. The molecule has 0 spiro atoms. The number of hydrogen-bond acceptors (Lipinski definition) is 4. The second-order valence-corrected chi connectivity index (χ2v) is 4.70. The van der Waals surface area contributed by atoms with Crippen LogP contribution in [0.2, 0.25) is 0 Å². The zero-order valence-corrected chi connectivity index (χ0v) is 9.54. The molecule has 0 saturated heterocycles. The standard InChI is InChI=1S/C10H10FNO4S/c11-17(14,15)16-9-3-1-2-7(6-9)10(13)12-8-4-5-8/h1-3,6,8H,4-5H2,(H,12,13). The van der Waals surface area contributed by atoms with Crippen LogP contribution in [0.3, 0.4) is 0 Å². The monoisotopic (exact) mass is 259 g/mol. The first kappa shape index (κ1) is 11.8. The third kappa shape index (κ3) is 3.70. The van der Waals surface area contributed by atoms with E-state index < -0.39 is 10.5 Å². The molecule has 1 aromatic carbocycles. The molecule has 0 bridgehead atoms. The highest BCUT2D eigenvalue weighted by Crippen LogP contribution is 2.20. The Balaban J connectivity index is 2.12. The van der Waals surface area contributed by atoms with Crippen molar-refractivity contribution in [3.63, 3.8) is 0 Å². The highest BCUT2D eigenvalue weighted by molar-refractivity contribution is 7.81. The van der Waals surface area contributed by atoms with Gasteiger partial charge in [-0.3, -0.25) is 4.79 Å². The molecule has 1 N–H and O–H groups in total. The highest BCUT2D eigenvalue weighted by atomic mass is 32.3. The Hall–Kier alpha value is -1.63. The Morgan fingerprint density at radius 1 is 1.41 bits per heavy atom. The number of hydrogen-bond donors (Lipinski definition) is 1. The van der Waals surface area contributed by atoms with E-state index >= 15 is 0 Å². The van der Waals surface area contributed by atoms with Gasteiger partial charge >= 0.3 is 10.5 Å². The van der Waals surface area contributed by atoms with Crippen molar-refractivity contribution in [3.05, 3.63) is 29.8 Å². The first-order chi connectivity index (χ1) is 7.94. The molecule has 0 aromatic heterocycles. The first-order valence-electron chi connectivity index (χ1n) is 4.99. The van der Waals surface area contributed by atoms with Crippen molar-refractivity contribution >= 4 is 16.4 Å². The number of amides is 1. The first-order valence-corrected chi connectivity index (χ1v) is 6.30. The van der Waals surface area contributed by atoms with Crippen LogP contribution >= 0.6 is 0 Å². The van der Waals surface area contributed by atoms with Crippen molar-refractivity contribution in [1.82, 2.24) is 5.32 Å². The van der Waals surface area contributed by atoms with Gasteiger partial charge in [-0.1, -0.05) is 9.95 Å². The second kappa shape index (κ2) is 4.33. The Kier molecular flexibility index (Phi) is 3.01. The predicted octanol–water partition coefficient (Wildman–Crippen LogP) is 1.17. The minimum Gasteiger partial charge on any atom is -0.358 e. The summed E-state index contributed by atoms with van der Waals surface area (Å²) in [6.45, 7) is 0. The smallest absolute Gasteiger partial charge is 0.358 e. The second-order valence-electron chi connectivity index (χ2n) is 3.75. The van der Waals surface area contributed by atoms with Crippen molar-refractivity contribution in [2.75, 3.05) is 0 Å². The molecular formula is C10H10FNO4S. The number of halogens is 1. The Bertz CT molecular complexity index is 539. The Morgan fingerprint density at radius 2 is 2.12 bits per heavy atom. The van der Waals surface area contributed by atoms with Gasteiger partial charge in [-0.2, -0.15) is 8.42 Å². The van der Waals surface area contributed by atoms with Crippen molar-refractivity contribution in [3.8, 4) is 5.75 Å². The zero-order valence-electron chi connectivity index (χ0n) is 8.72. The van der Waals surface area contributed by atoms with E-state index in [-0.39, 0.29) is 23.3 Å². The summed E-state index contributed by atoms with van der Waals surface area (Å²) in [6.07, 6.45) is 1.89. The number of benzene rings is 1. The van der Waals surface area contributed by atoms with Crippen LogP contribution < -0.4 is 9.50 Å². The molecule has 0 radical (unpaired) electrons. The lowest BCUT2D eigenvalue weighted by molar-refractivity contribution is 0.0950.